The van der Waals surface area contributed by atoms with Crippen LogP contribution in [0.3, 0.4) is 0 Å². The van der Waals surface area contributed by atoms with E-state index in [-0.39, 0.29) is 5.91 Å². The summed E-state index contributed by atoms with van der Waals surface area (Å²) in [6.07, 6.45) is 2.27. The van der Waals surface area contributed by atoms with Gasteiger partial charge in [0.05, 0.1) is 5.56 Å². The van der Waals surface area contributed by atoms with Crippen LogP contribution in [-0.4, -0.2) is 24.5 Å². The molecular formula is C16H24N2O3. The minimum atomic E-state index is -0.819. The van der Waals surface area contributed by atoms with Crippen molar-refractivity contribution >= 4 is 17.6 Å². The molecule has 0 aliphatic rings. The molecule has 0 saturated carbocycles. The van der Waals surface area contributed by atoms with Crippen molar-refractivity contribution in [3.63, 3.8) is 0 Å². The predicted molar refractivity (Wildman–Crippen MR) is 83.0 cm³/mol. The molecule has 1 aromatic rings. The Balaban J connectivity index is 2.53. The zero-order chi connectivity index (χ0) is 15.8. The Labute approximate surface area is 125 Å². The van der Waals surface area contributed by atoms with Crippen molar-refractivity contribution < 1.29 is 14.3 Å². The third-order valence-corrected chi connectivity index (χ3v) is 3.21. The van der Waals surface area contributed by atoms with Gasteiger partial charge in [0.15, 0.2) is 6.10 Å². The molecule has 5 heteroatoms. The number of anilines is 1. The van der Waals surface area contributed by atoms with Crippen LogP contribution in [0.4, 0.5) is 5.69 Å². The maximum atomic E-state index is 12.1. The van der Waals surface area contributed by atoms with Crippen LogP contribution in [0.25, 0.3) is 0 Å². The van der Waals surface area contributed by atoms with E-state index in [4.69, 9.17) is 10.5 Å². The van der Waals surface area contributed by atoms with Crippen molar-refractivity contribution in [2.45, 2.75) is 46.1 Å². The zero-order valence-corrected chi connectivity index (χ0v) is 12.9. The lowest BCUT2D eigenvalue weighted by Crippen LogP contribution is -2.36. The normalized spacial score (nSPS) is 11.8. The maximum absolute atomic E-state index is 12.1. The van der Waals surface area contributed by atoms with Gasteiger partial charge in [0, 0.05) is 12.2 Å². The molecule has 0 radical (unpaired) electrons. The van der Waals surface area contributed by atoms with E-state index < -0.39 is 12.1 Å². The zero-order valence-electron chi connectivity index (χ0n) is 12.9. The lowest BCUT2D eigenvalue weighted by atomic mass is 10.1. The highest BCUT2D eigenvalue weighted by Gasteiger charge is 2.19. The molecule has 0 fully saturated rings. The first-order valence-electron chi connectivity index (χ1n) is 7.30. The molecule has 21 heavy (non-hydrogen) atoms. The first kappa shape index (κ1) is 17.0. The quantitative estimate of drug-likeness (QED) is 0.459. The number of benzene rings is 1. The van der Waals surface area contributed by atoms with Gasteiger partial charge < -0.3 is 15.8 Å². The van der Waals surface area contributed by atoms with Gasteiger partial charge in [-0.2, -0.15) is 0 Å². The van der Waals surface area contributed by atoms with Crippen molar-refractivity contribution in [1.29, 1.82) is 0 Å². The molecule has 116 valence electrons. The number of amides is 1. The van der Waals surface area contributed by atoms with Gasteiger partial charge in [-0.05, 0) is 38.0 Å². The Morgan fingerprint density at radius 2 is 2.05 bits per heavy atom. The van der Waals surface area contributed by atoms with Crippen LogP contribution in [0.2, 0.25) is 0 Å². The summed E-state index contributed by atoms with van der Waals surface area (Å²) in [4.78, 5) is 23.9. The summed E-state index contributed by atoms with van der Waals surface area (Å²) in [5, 5.41) is 2.76. The number of esters is 1. The third kappa shape index (κ3) is 5.45. The van der Waals surface area contributed by atoms with Crippen LogP contribution in [0.15, 0.2) is 18.2 Å². The average molecular weight is 292 g/mol. The van der Waals surface area contributed by atoms with E-state index in [0.717, 1.165) is 24.8 Å². The van der Waals surface area contributed by atoms with Crippen LogP contribution >= 0.6 is 0 Å². The molecule has 5 nitrogen and oxygen atoms in total. The highest BCUT2D eigenvalue weighted by atomic mass is 16.5. The van der Waals surface area contributed by atoms with Crippen LogP contribution in [0.5, 0.6) is 0 Å². The molecule has 3 N–H and O–H groups in total. The topological polar surface area (TPSA) is 81.4 Å². The summed E-state index contributed by atoms with van der Waals surface area (Å²) in [6, 6.07) is 5.03. The van der Waals surface area contributed by atoms with Crippen molar-refractivity contribution in [2.75, 3.05) is 12.3 Å². The second-order valence-corrected chi connectivity index (χ2v) is 5.12. The minimum absolute atomic E-state index is 0.277. The molecule has 0 saturated heterocycles. The van der Waals surface area contributed by atoms with Gasteiger partial charge in [0.1, 0.15) is 0 Å². The fraction of sp³-hybridized carbons (Fsp3) is 0.500. The van der Waals surface area contributed by atoms with Gasteiger partial charge in [-0.15, -0.1) is 0 Å². The van der Waals surface area contributed by atoms with E-state index in [2.05, 4.69) is 12.2 Å². The fourth-order valence-electron chi connectivity index (χ4n) is 1.87. The molecule has 1 aromatic carbocycles. The maximum Gasteiger partial charge on any atom is 0.339 e. The van der Waals surface area contributed by atoms with Crippen molar-refractivity contribution in [3.8, 4) is 0 Å². The summed E-state index contributed by atoms with van der Waals surface area (Å²) >= 11 is 0. The Hall–Kier alpha value is -2.04. The molecular weight excluding hydrogens is 268 g/mol. The highest BCUT2D eigenvalue weighted by Crippen LogP contribution is 2.14. The SMILES string of the molecule is CCCCCNC(=O)C(C)OC(=O)c1cc(N)ccc1C. The highest BCUT2D eigenvalue weighted by molar-refractivity contribution is 5.94. The van der Waals surface area contributed by atoms with Crippen molar-refractivity contribution in [3.05, 3.63) is 29.3 Å². The van der Waals surface area contributed by atoms with Gasteiger partial charge in [0.25, 0.3) is 5.91 Å². The summed E-state index contributed by atoms with van der Waals surface area (Å²) in [5.74, 6) is -0.808. The van der Waals surface area contributed by atoms with Gasteiger partial charge in [0.2, 0.25) is 0 Å². The lowest BCUT2D eigenvalue weighted by Gasteiger charge is -2.14. The second kappa shape index (κ2) is 8.29. The van der Waals surface area contributed by atoms with Crippen LogP contribution in [-0.2, 0) is 9.53 Å². The smallest absolute Gasteiger partial charge is 0.339 e. The summed E-state index contributed by atoms with van der Waals surface area (Å²) < 4.78 is 5.18. The number of carbonyl (C=O) groups excluding carboxylic acids is 2. The molecule has 0 bridgehead atoms. The molecule has 0 aromatic heterocycles. The van der Waals surface area contributed by atoms with E-state index in [1.165, 1.54) is 0 Å². The average Bonchev–Trinajstić information content (AvgIpc) is 2.45. The van der Waals surface area contributed by atoms with Gasteiger partial charge in [-0.25, -0.2) is 4.79 Å². The van der Waals surface area contributed by atoms with E-state index >= 15 is 0 Å². The predicted octanol–water partition coefficient (Wildman–Crippen LogP) is 2.43. The summed E-state index contributed by atoms with van der Waals surface area (Å²) in [7, 11) is 0. The van der Waals surface area contributed by atoms with Crippen LogP contribution in [0, 0.1) is 6.92 Å². The summed E-state index contributed by atoms with van der Waals surface area (Å²) in [5.41, 5.74) is 7.31. The Bertz CT molecular complexity index is 500. The Morgan fingerprint density at radius 3 is 2.71 bits per heavy atom. The number of hydrogen-bond donors (Lipinski definition) is 2. The second-order valence-electron chi connectivity index (χ2n) is 5.12. The third-order valence-electron chi connectivity index (χ3n) is 3.21. The molecule has 1 amide bonds. The minimum Gasteiger partial charge on any atom is -0.449 e. The van der Waals surface area contributed by atoms with Crippen molar-refractivity contribution in [1.82, 2.24) is 5.32 Å². The van der Waals surface area contributed by atoms with Crippen LogP contribution in [0.1, 0.15) is 49.0 Å². The number of hydrogen-bond acceptors (Lipinski definition) is 4. The number of nitrogens with two attached hydrogens (primary N) is 1. The number of unbranched alkanes of at least 4 members (excludes halogenated alkanes) is 2. The lowest BCUT2D eigenvalue weighted by molar-refractivity contribution is -0.129. The number of ether oxygens (including phenoxy) is 1. The molecule has 0 aliphatic carbocycles. The van der Waals surface area contributed by atoms with E-state index in [9.17, 15) is 9.59 Å². The van der Waals surface area contributed by atoms with Crippen molar-refractivity contribution in [2.24, 2.45) is 0 Å². The molecule has 1 unspecified atom stereocenters. The van der Waals surface area contributed by atoms with Crippen LogP contribution < -0.4 is 11.1 Å². The Kier molecular flexibility index (Phi) is 6.72. The molecule has 0 aliphatic heterocycles. The first-order valence-corrected chi connectivity index (χ1v) is 7.30. The number of aryl methyl sites for hydroxylation is 1. The van der Waals surface area contributed by atoms with E-state index in [0.29, 0.717) is 17.8 Å². The van der Waals surface area contributed by atoms with Gasteiger partial charge in [-0.3, -0.25) is 4.79 Å². The molecule has 1 rings (SSSR count). The van der Waals surface area contributed by atoms with E-state index in [1.807, 2.05) is 0 Å². The first-order chi connectivity index (χ1) is 9.95. The fourth-order valence-corrected chi connectivity index (χ4v) is 1.87. The van der Waals surface area contributed by atoms with Gasteiger partial charge in [-0.1, -0.05) is 25.8 Å². The molecule has 0 heterocycles. The monoisotopic (exact) mass is 292 g/mol. The molecule has 0 spiro atoms. The largest absolute Gasteiger partial charge is 0.449 e. The summed E-state index contributed by atoms with van der Waals surface area (Å²) in [6.45, 7) is 6.06. The molecule has 1 atom stereocenters. The number of carbonyl (C=O) groups is 2. The number of rotatable bonds is 7. The Morgan fingerprint density at radius 1 is 1.33 bits per heavy atom. The van der Waals surface area contributed by atoms with Gasteiger partial charge >= 0.3 is 5.97 Å². The standard InChI is InChI=1S/C16H24N2O3/c1-4-5-6-9-18-15(19)12(3)21-16(20)14-10-13(17)8-7-11(14)2/h7-8,10,12H,4-6,9,17H2,1-3H3,(H,18,19). The number of nitrogens with one attached hydrogen (secondary N) is 1. The van der Waals surface area contributed by atoms with E-state index in [1.54, 1.807) is 32.0 Å². The number of nitrogen functional groups attached to an aromatic ring is 1.